The lowest BCUT2D eigenvalue weighted by atomic mass is 10.00. The van der Waals surface area contributed by atoms with E-state index in [4.69, 9.17) is 19.9 Å². The SMILES string of the molecule is Brc1ccc2c3ncccc3n(-c3ccc(-c4cc(-c5ccccc5)cc(-c5ccccc5)n4)cc3)c2c1.Brc1ccc2c3ncccc3n(-c3ccc(-c4cc(-c5ccccc5)nc(-c5ccccc5)c4)cc3)c2c1.Brc1ccc2c3ncccc3n(-c3ccc(-c4cc(-c5ccccc5)nc(-c5ccccc5)n4)cc3)c2c1. The summed E-state index contributed by atoms with van der Waals surface area (Å²) >= 11 is 10.9. The summed E-state index contributed by atoms with van der Waals surface area (Å²) in [4.78, 5) is 34.0. The molecular formula is C101H65Br3N10. The third-order valence-electron chi connectivity index (χ3n) is 20.5. The molecule has 21 rings (SSSR count). The van der Waals surface area contributed by atoms with Crippen LogP contribution in [-0.2, 0) is 0 Å². The number of hydrogen-bond donors (Lipinski definition) is 0. The highest BCUT2D eigenvalue weighted by atomic mass is 79.9. The van der Waals surface area contributed by atoms with Crippen molar-refractivity contribution in [2.24, 2.45) is 0 Å². The highest BCUT2D eigenvalue weighted by Crippen LogP contribution is 2.40. The number of rotatable bonds is 12. The summed E-state index contributed by atoms with van der Waals surface area (Å²) in [6.45, 7) is 0. The van der Waals surface area contributed by atoms with Crippen molar-refractivity contribution in [3.05, 3.63) is 408 Å². The molecule has 13 heteroatoms. The molecule has 12 aromatic carbocycles. The molecule has 0 N–H and O–H groups in total. The molecule has 0 radical (unpaired) electrons. The molecule has 0 fully saturated rings. The fraction of sp³-hybridized carbons (Fsp3) is 0. The molecule has 0 atom stereocenters. The van der Waals surface area contributed by atoms with Crippen molar-refractivity contribution >= 4 is 114 Å². The largest absolute Gasteiger partial charge is 0.308 e. The van der Waals surface area contributed by atoms with Crippen molar-refractivity contribution in [3.8, 4) is 118 Å². The Balaban J connectivity index is 0.000000115. The average Bonchev–Trinajstić information content (AvgIpc) is 1.60. The molecule has 0 unspecified atom stereocenters. The Morgan fingerprint density at radius 1 is 0.184 bits per heavy atom. The molecule has 9 aromatic heterocycles. The first-order chi connectivity index (χ1) is 56.2. The van der Waals surface area contributed by atoms with Crippen molar-refractivity contribution in [2.45, 2.75) is 0 Å². The van der Waals surface area contributed by atoms with Crippen LogP contribution in [0.1, 0.15) is 0 Å². The van der Waals surface area contributed by atoms with Crippen molar-refractivity contribution in [3.63, 3.8) is 0 Å². The van der Waals surface area contributed by atoms with E-state index in [0.29, 0.717) is 5.82 Å². The highest BCUT2D eigenvalue weighted by molar-refractivity contribution is 9.11. The maximum atomic E-state index is 5.08. The molecule has 0 amide bonds. The molecule has 21 aromatic rings. The zero-order valence-corrected chi connectivity index (χ0v) is 65.9. The van der Waals surface area contributed by atoms with Gasteiger partial charge in [-0.25, -0.2) is 19.9 Å². The van der Waals surface area contributed by atoms with Crippen molar-refractivity contribution < 1.29 is 0 Å². The minimum Gasteiger partial charge on any atom is -0.308 e. The van der Waals surface area contributed by atoms with E-state index in [1.54, 1.807) is 0 Å². The maximum absolute atomic E-state index is 5.08. The van der Waals surface area contributed by atoms with Crippen LogP contribution in [0.25, 0.3) is 184 Å². The predicted octanol–water partition coefficient (Wildman–Crippen LogP) is 27.4. The molecule has 0 aliphatic heterocycles. The smallest absolute Gasteiger partial charge is 0.160 e. The first-order valence-electron chi connectivity index (χ1n) is 37.5. The van der Waals surface area contributed by atoms with Gasteiger partial charge in [-0.1, -0.05) is 266 Å². The number of halogens is 3. The molecule has 0 aliphatic rings. The lowest BCUT2D eigenvalue weighted by Gasteiger charge is -2.12. The van der Waals surface area contributed by atoms with Gasteiger partial charge in [0.25, 0.3) is 0 Å². The van der Waals surface area contributed by atoms with E-state index < -0.39 is 0 Å². The van der Waals surface area contributed by atoms with Crippen LogP contribution >= 0.6 is 47.8 Å². The monoisotopic (exact) mass is 1650 g/mol. The van der Waals surface area contributed by atoms with E-state index in [1.165, 1.54) is 5.56 Å². The Kier molecular flexibility index (Phi) is 19.4. The van der Waals surface area contributed by atoms with Crippen molar-refractivity contribution in [1.82, 2.24) is 48.6 Å². The van der Waals surface area contributed by atoms with Crippen molar-refractivity contribution in [2.75, 3.05) is 0 Å². The fourth-order valence-corrected chi connectivity index (χ4v) is 16.2. The van der Waals surface area contributed by atoms with Gasteiger partial charge in [-0.3, -0.25) is 15.0 Å². The standard InChI is InChI=1S/2C34H22BrN3.C33H21BrN4/c35-27-15-18-29-33(22-27)38(32-12-7-19-36-34(29)32)28-16-13-23(14-17-28)26-20-30(24-8-3-1-4-9-24)37-31(21-26)25-10-5-2-6-11-25;35-27-15-18-29-33(22-27)38(32-12-7-19-36-34(29)32)28-16-13-25(14-17-28)31-21-26(23-8-3-1-4-9-23)20-30(37-31)24-10-5-2-6-11-24;34-25-15-18-27-31(20-25)38(30-12-7-19-35-32(27)30)26-16-13-23(14-17-26)29-21-28(22-8-3-1-4-9-22)36-33(37-29)24-10-5-2-6-11-24/h2*1-22H;1-21H. The van der Waals surface area contributed by atoms with Crippen LogP contribution in [0.4, 0.5) is 0 Å². The number of pyridine rings is 5. The predicted molar refractivity (Wildman–Crippen MR) is 479 cm³/mol. The second-order valence-electron chi connectivity index (χ2n) is 27.7. The van der Waals surface area contributed by atoms with Crippen LogP contribution in [0.3, 0.4) is 0 Å². The Morgan fingerprint density at radius 3 is 0.746 bits per heavy atom. The fourth-order valence-electron chi connectivity index (χ4n) is 15.1. The van der Waals surface area contributed by atoms with Gasteiger partial charge in [0.1, 0.15) is 0 Å². The second-order valence-corrected chi connectivity index (χ2v) is 30.4. The van der Waals surface area contributed by atoms with Gasteiger partial charge >= 0.3 is 0 Å². The summed E-state index contributed by atoms with van der Waals surface area (Å²) in [5.74, 6) is 0.712. The van der Waals surface area contributed by atoms with E-state index in [0.717, 1.165) is 186 Å². The zero-order chi connectivity index (χ0) is 76.4. The van der Waals surface area contributed by atoms with Crippen LogP contribution in [0.5, 0.6) is 0 Å². The summed E-state index contributed by atoms with van der Waals surface area (Å²) in [5, 5.41) is 3.41. The minimum atomic E-state index is 0.712. The zero-order valence-electron chi connectivity index (χ0n) is 61.1. The number of nitrogens with zero attached hydrogens (tertiary/aromatic N) is 10. The third-order valence-corrected chi connectivity index (χ3v) is 22.0. The Bertz CT molecular complexity index is 6230. The molecule has 9 heterocycles. The van der Waals surface area contributed by atoms with E-state index in [2.05, 4.69) is 362 Å². The van der Waals surface area contributed by atoms with Crippen LogP contribution in [0.2, 0.25) is 0 Å². The summed E-state index contributed by atoms with van der Waals surface area (Å²) in [6, 6.07) is 130. The van der Waals surface area contributed by atoms with Crippen LogP contribution in [-0.4, -0.2) is 48.6 Å². The van der Waals surface area contributed by atoms with Gasteiger partial charge in [-0.05, 0) is 180 Å². The van der Waals surface area contributed by atoms with Gasteiger partial charge < -0.3 is 13.7 Å². The maximum Gasteiger partial charge on any atom is 0.160 e. The minimum absolute atomic E-state index is 0.712. The second kappa shape index (κ2) is 31.2. The van der Waals surface area contributed by atoms with E-state index >= 15 is 0 Å². The third kappa shape index (κ3) is 14.2. The van der Waals surface area contributed by atoms with Gasteiger partial charge in [0.2, 0.25) is 0 Å². The first kappa shape index (κ1) is 70.7. The number of benzene rings is 12. The van der Waals surface area contributed by atoms with E-state index in [1.807, 2.05) is 110 Å². The Hall–Kier alpha value is -13.7. The number of aromatic nitrogens is 10. The molecule has 114 heavy (non-hydrogen) atoms. The Morgan fingerprint density at radius 2 is 0.439 bits per heavy atom. The normalized spacial score (nSPS) is 11.3. The van der Waals surface area contributed by atoms with Crippen molar-refractivity contribution in [1.29, 1.82) is 0 Å². The highest BCUT2D eigenvalue weighted by Gasteiger charge is 2.20. The molecule has 0 spiro atoms. The molecule has 0 saturated carbocycles. The summed E-state index contributed by atoms with van der Waals surface area (Å²) < 4.78 is 9.94. The summed E-state index contributed by atoms with van der Waals surface area (Å²) in [6.07, 6.45) is 5.56. The summed E-state index contributed by atoms with van der Waals surface area (Å²) in [7, 11) is 0. The topological polar surface area (TPSA) is 105 Å². The lowest BCUT2D eigenvalue weighted by molar-refractivity contribution is 1.17. The van der Waals surface area contributed by atoms with Gasteiger partial charge in [-0.15, -0.1) is 0 Å². The van der Waals surface area contributed by atoms with Gasteiger partial charge in [0, 0.05) is 104 Å². The average molecular weight is 1660 g/mol. The number of fused-ring (bicyclic) bond motifs is 9. The quantitative estimate of drug-likeness (QED) is 0.120. The molecule has 0 aliphatic carbocycles. The van der Waals surface area contributed by atoms with Crippen LogP contribution < -0.4 is 0 Å². The summed E-state index contributed by atoms with van der Waals surface area (Å²) in [5.41, 5.74) is 30.6. The van der Waals surface area contributed by atoms with Gasteiger partial charge in [0.15, 0.2) is 5.82 Å². The van der Waals surface area contributed by atoms with Crippen LogP contribution in [0.15, 0.2) is 408 Å². The van der Waals surface area contributed by atoms with Gasteiger partial charge in [-0.2, -0.15) is 0 Å². The lowest BCUT2D eigenvalue weighted by Crippen LogP contribution is -1.97. The molecule has 10 nitrogen and oxygen atoms in total. The van der Waals surface area contributed by atoms with E-state index in [9.17, 15) is 0 Å². The number of hydrogen-bond acceptors (Lipinski definition) is 7. The molecule has 0 saturated heterocycles. The van der Waals surface area contributed by atoms with Crippen LogP contribution in [0, 0.1) is 0 Å². The molecule has 540 valence electrons. The van der Waals surface area contributed by atoms with Gasteiger partial charge in [0.05, 0.1) is 83.8 Å². The molecule has 0 bridgehead atoms. The Labute approximate surface area is 683 Å². The van der Waals surface area contributed by atoms with E-state index in [-0.39, 0.29) is 0 Å². The first-order valence-corrected chi connectivity index (χ1v) is 39.8. The molecular weight excluding hydrogens is 1590 g/mol.